The van der Waals surface area contributed by atoms with E-state index < -0.39 is 6.03 Å². The first-order valence-electron chi connectivity index (χ1n) is 3.08. The molecule has 0 aromatic rings. The van der Waals surface area contributed by atoms with E-state index in [1.807, 2.05) is 0 Å². The van der Waals surface area contributed by atoms with E-state index >= 15 is 0 Å². The molecular formula is C6H12N4O. The van der Waals surface area contributed by atoms with Crippen LogP contribution in [-0.2, 0) is 0 Å². The molecule has 0 radical (unpaired) electrons. The fourth-order valence-electron chi connectivity index (χ4n) is 0.347. The molecule has 62 valence electrons. The van der Waals surface area contributed by atoms with E-state index in [0.29, 0.717) is 5.70 Å². The van der Waals surface area contributed by atoms with Crippen LogP contribution in [0.3, 0.4) is 0 Å². The normalized spacial score (nSPS) is 11.9. The number of carbonyl (C=O) groups is 1. The van der Waals surface area contributed by atoms with Crippen molar-refractivity contribution in [2.24, 2.45) is 16.5 Å². The zero-order valence-corrected chi connectivity index (χ0v) is 6.37. The Kier molecular flexibility index (Phi) is 4.55. The summed E-state index contributed by atoms with van der Waals surface area (Å²) in [6.45, 7) is 1.92. The van der Waals surface area contributed by atoms with Crippen LogP contribution in [0, 0.1) is 0 Å². The minimum atomic E-state index is -0.587. The van der Waals surface area contributed by atoms with Crippen molar-refractivity contribution in [2.75, 3.05) is 6.67 Å². The fourth-order valence-corrected chi connectivity index (χ4v) is 0.347. The maximum absolute atomic E-state index is 10.1. The number of hydrogen-bond acceptors (Lipinski definition) is 3. The van der Waals surface area contributed by atoms with Crippen LogP contribution >= 0.6 is 0 Å². The van der Waals surface area contributed by atoms with E-state index in [0.717, 1.165) is 0 Å². The summed E-state index contributed by atoms with van der Waals surface area (Å²) in [6.07, 6.45) is 3.13. The van der Waals surface area contributed by atoms with Gasteiger partial charge in [-0.05, 0) is 13.0 Å². The minimum Gasteiger partial charge on any atom is -0.402 e. The predicted molar refractivity (Wildman–Crippen MR) is 44.0 cm³/mol. The molecule has 0 rings (SSSR count). The van der Waals surface area contributed by atoms with E-state index in [1.54, 1.807) is 13.0 Å². The Morgan fingerprint density at radius 3 is 2.73 bits per heavy atom. The van der Waals surface area contributed by atoms with E-state index in [-0.39, 0.29) is 6.67 Å². The Balaban J connectivity index is 3.46. The average Bonchev–Trinajstić information content (AvgIpc) is 1.85. The number of allylic oxidation sites excluding steroid dienone is 2. The lowest BCUT2D eigenvalue weighted by atomic mass is 10.5. The summed E-state index contributed by atoms with van der Waals surface area (Å²) in [5.41, 5.74) is 10.7. The quantitative estimate of drug-likeness (QED) is 0.482. The Hall–Kier alpha value is -1.52. The molecule has 0 heterocycles. The molecular weight excluding hydrogens is 144 g/mol. The highest BCUT2D eigenvalue weighted by Gasteiger charge is 1.83. The van der Waals surface area contributed by atoms with Crippen LogP contribution in [0.25, 0.3) is 0 Å². The predicted octanol–water partition coefficient (Wildman–Crippen LogP) is -0.454. The largest absolute Gasteiger partial charge is 0.402 e. The Bertz CT molecular complexity index is 181. The number of urea groups is 1. The number of aliphatic imine (C=N–C) groups is 1. The van der Waals surface area contributed by atoms with Crippen LogP contribution in [0.15, 0.2) is 16.8 Å². The average molecular weight is 156 g/mol. The topological polar surface area (TPSA) is 93.5 Å². The van der Waals surface area contributed by atoms with Gasteiger partial charge in [0.05, 0.1) is 0 Å². The third kappa shape index (κ3) is 8.48. The van der Waals surface area contributed by atoms with Crippen LogP contribution in [0.5, 0.6) is 0 Å². The van der Waals surface area contributed by atoms with E-state index in [4.69, 9.17) is 11.5 Å². The lowest BCUT2D eigenvalue weighted by Crippen LogP contribution is -2.29. The Morgan fingerprint density at radius 1 is 1.64 bits per heavy atom. The van der Waals surface area contributed by atoms with Gasteiger partial charge >= 0.3 is 6.03 Å². The van der Waals surface area contributed by atoms with Gasteiger partial charge in [0.1, 0.15) is 6.67 Å². The molecule has 0 saturated carbocycles. The molecule has 0 saturated heterocycles. The number of carbonyl (C=O) groups excluding carboxylic acids is 1. The highest BCUT2D eigenvalue weighted by molar-refractivity contribution is 5.73. The van der Waals surface area contributed by atoms with Gasteiger partial charge in [-0.3, -0.25) is 4.99 Å². The first kappa shape index (κ1) is 9.48. The van der Waals surface area contributed by atoms with Crippen LogP contribution in [0.2, 0.25) is 0 Å². The molecule has 0 aromatic heterocycles. The summed E-state index contributed by atoms with van der Waals surface area (Å²) in [7, 11) is 0. The van der Waals surface area contributed by atoms with Gasteiger partial charge in [0.15, 0.2) is 0 Å². The molecule has 2 amide bonds. The smallest absolute Gasteiger partial charge is 0.313 e. The van der Waals surface area contributed by atoms with Crippen molar-refractivity contribution in [1.82, 2.24) is 5.32 Å². The number of nitrogens with zero attached hydrogens (tertiary/aromatic N) is 1. The van der Waals surface area contributed by atoms with Crippen molar-refractivity contribution in [2.45, 2.75) is 6.92 Å². The summed E-state index contributed by atoms with van der Waals surface area (Å²) in [5, 5.41) is 2.29. The second kappa shape index (κ2) is 5.28. The van der Waals surface area contributed by atoms with E-state index in [9.17, 15) is 4.79 Å². The van der Waals surface area contributed by atoms with Crippen LogP contribution in [0.4, 0.5) is 4.79 Å². The number of amides is 2. The minimum absolute atomic E-state index is 0.180. The van der Waals surface area contributed by atoms with Gasteiger partial charge < -0.3 is 16.8 Å². The third-order valence-corrected chi connectivity index (χ3v) is 0.787. The monoisotopic (exact) mass is 156 g/mol. The molecule has 0 bridgehead atoms. The lowest BCUT2D eigenvalue weighted by molar-refractivity contribution is 0.249. The van der Waals surface area contributed by atoms with Gasteiger partial charge in [-0.1, -0.05) is 0 Å². The number of nitrogens with two attached hydrogens (primary N) is 2. The van der Waals surface area contributed by atoms with Crippen molar-refractivity contribution in [3.05, 3.63) is 11.8 Å². The molecule has 0 aliphatic carbocycles. The molecule has 0 aliphatic rings. The van der Waals surface area contributed by atoms with Gasteiger partial charge in [-0.25, -0.2) is 4.79 Å². The molecule has 0 aliphatic heterocycles. The van der Waals surface area contributed by atoms with Crippen LogP contribution < -0.4 is 16.8 Å². The van der Waals surface area contributed by atoms with Gasteiger partial charge in [0.2, 0.25) is 0 Å². The molecule has 11 heavy (non-hydrogen) atoms. The molecule has 5 N–H and O–H groups in total. The maximum atomic E-state index is 10.1. The highest BCUT2D eigenvalue weighted by Crippen LogP contribution is 1.74. The zero-order valence-electron chi connectivity index (χ0n) is 6.37. The van der Waals surface area contributed by atoms with Gasteiger partial charge in [-0.2, -0.15) is 0 Å². The third-order valence-electron chi connectivity index (χ3n) is 0.787. The standard InChI is InChI=1S/C6H12N4O/c1-5(7)2-3-9-4-10-6(8)11/h2-3H,4,7H2,1H3,(H3,8,10,11). The SMILES string of the molecule is CC(N)=CC=NCNC(N)=O. The van der Waals surface area contributed by atoms with Crippen LogP contribution in [0.1, 0.15) is 6.92 Å². The lowest BCUT2D eigenvalue weighted by Gasteiger charge is -1.92. The second-order valence-corrected chi connectivity index (χ2v) is 1.94. The fraction of sp³-hybridized carbons (Fsp3) is 0.333. The molecule has 5 nitrogen and oxygen atoms in total. The molecule has 0 atom stereocenters. The van der Waals surface area contributed by atoms with E-state index in [1.165, 1.54) is 6.21 Å². The Morgan fingerprint density at radius 2 is 2.27 bits per heavy atom. The summed E-state index contributed by atoms with van der Waals surface area (Å²) in [6, 6.07) is -0.587. The second-order valence-electron chi connectivity index (χ2n) is 1.94. The first-order chi connectivity index (χ1) is 5.13. The first-order valence-corrected chi connectivity index (χ1v) is 3.08. The van der Waals surface area contributed by atoms with Crippen molar-refractivity contribution < 1.29 is 4.79 Å². The summed E-state index contributed by atoms with van der Waals surface area (Å²) in [5.74, 6) is 0. The molecule has 0 spiro atoms. The molecule has 0 aromatic carbocycles. The van der Waals surface area contributed by atoms with Crippen molar-refractivity contribution in [3.63, 3.8) is 0 Å². The number of hydrogen-bond donors (Lipinski definition) is 3. The van der Waals surface area contributed by atoms with Crippen molar-refractivity contribution in [1.29, 1.82) is 0 Å². The number of nitrogens with one attached hydrogen (secondary N) is 1. The number of rotatable bonds is 3. The highest BCUT2D eigenvalue weighted by atomic mass is 16.2. The summed E-state index contributed by atoms with van der Waals surface area (Å²) in [4.78, 5) is 13.9. The zero-order chi connectivity index (χ0) is 8.69. The van der Waals surface area contributed by atoms with Gasteiger partial charge in [0.25, 0.3) is 0 Å². The molecule has 0 unspecified atom stereocenters. The molecule has 0 fully saturated rings. The maximum Gasteiger partial charge on any atom is 0.313 e. The van der Waals surface area contributed by atoms with Crippen LogP contribution in [-0.4, -0.2) is 18.9 Å². The van der Waals surface area contributed by atoms with E-state index in [2.05, 4.69) is 10.3 Å². The molecule has 5 heteroatoms. The summed E-state index contributed by atoms with van der Waals surface area (Å²) < 4.78 is 0. The van der Waals surface area contributed by atoms with Gasteiger partial charge in [-0.15, -0.1) is 0 Å². The van der Waals surface area contributed by atoms with Crippen molar-refractivity contribution in [3.8, 4) is 0 Å². The summed E-state index contributed by atoms with van der Waals surface area (Å²) >= 11 is 0. The van der Waals surface area contributed by atoms with Gasteiger partial charge in [0, 0.05) is 11.9 Å². The van der Waals surface area contributed by atoms with Crippen molar-refractivity contribution >= 4 is 12.2 Å². The number of primary amides is 1. The Labute approximate surface area is 65.2 Å².